The minimum Gasteiger partial charge on any atom is -0.493 e. The maximum Gasteiger partial charge on any atom is 0.251 e. The van der Waals surface area contributed by atoms with Crippen molar-refractivity contribution in [2.45, 2.75) is 39.3 Å². The van der Waals surface area contributed by atoms with E-state index in [-0.39, 0.29) is 11.4 Å². The molecule has 0 bridgehead atoms. The fourth-order valence-corrected chi connectivity index (χ4v) is 3.69. The second-order valence-electron chi connectivity index (χ2n) is 9.27. The lowest BCUT2D eigenvalue weighted by molar-refractivity contribution is 0.0911. The summed E-state index contributed by atoms with van der Waals surface area (Å²) in [6, 6.07) is 18.6. The van der Waals surface area contributed by atoms with Gasteiger partial charge in [-0.25, -0.2) is 9.97 Å². The molecule has 0 saturated heterocycles. The number of anilines is 1. The van der Waals surface area contributed by atoms with Gasteiger partial charge in [-0.1, -0.05) is 25.1 Å². The van der Waals surface area contributed by atoms with Crippen LogP contribution < -0.4 is 24.8 Å². The number of amides is 1. The van der Waals surface area contributed by atoms with Crippen molar-refractivity contribution in [2.24, 2.45) is 0 Å². The lowest BCUT2D eigenvalue weighted by Crippen LogP contribution is -2.42. The fourth-order valence-electron chi connectivity index (χ4n) is 3.69. The molecule has 1 heterocycles. The Balaban J connectivity index is 1.42. The Labute approximate surface area is 217 Å². The van der Waals surface area contributed by atoms with Crippen LogP contribution in [0.4, 0.5) is 5.82 Å². The lowest BCUT2D eigenvalue weighted by atomic mass is 10.0. The largest absolute Gasteiger partial charge is 0.493 e. The van der Waals surface area contributed by atoms with Crippen LogP contribution in [-0.4, -0.2) is 35.6 Å². The van der Waals surface area contributed by atoms with Crippen LogP contribution in [0.1, 0.15) is 43.1 Å². The van der Waals surface area contributed by atoms with Gasteiger partial charge in [0, 0.05) is 29.1 Å². The normalized spacial score (nSPS) is 11.2. The monoisotopic (exact) mass is 500 g/mol. The Morgan fingerprint density at radius 2 is 1.65 bits per heavy atom. The van der Waals surface area contributed by atoms with Gasteiger partial charge in [-0.2, -0.15) is 0 Å². The van der Waals surface area contributed by atoms with E-state index in [1.807, 2.05) is 69.3 Å². The number of fused-ring (bicyclic) bond motifs is 1. The van der Waals surface area contributed by atoms with E-state index in [9.17, 15) is 4.79 Å². The van der Waals surface area contributed by atoms with Gasteiger partial charge in [-0.3, -0.25) is 4.79 Å². The van der Waals surface area contributed by atoms with Gasteiger partial charge in [0.15, 0.2) is 11.5 Å². The van der Waals surface area contributed by atoms with Crippen LogP contribution in [0.5, 0.6) is 23.0 Å². The average Bonchev–Trinajstić information content (AvgIpc) is 2.91. The van der Waals surface area contributed by atoms with Crippen molar-refractivity contribution in [3.05, 3.63) is 78.1 Å². The van der Waals surface area contributed by atoms with E-state index in [0.29, 0.717) is 40.9 Å². The zero-order chi connectivity index (χ0) is 26.4. The van der Waals surface area contributed by atoms with Gasteiger partial charge in [0.25, 0.3) is 5.91 Å². The minimum absolute atomic E-state index is 0.118. The molecule has 3 aromatic carbocycles. The molecule has 4 aromatic rings. The molecule has 8 heteroatoms. The Morgan fingerprint density at radius 3 is 2.35 bits per heavy atom. The molecule has 0 unspecified atom stereocenters. The highest BCUT2D eigenvalue weighted by Crippen LogP contribution is 2.33. The molecule has 1 amide bonds. The van der Waals surface area contributed by atoms with Gasteiger partial charge in [0.05, 0.1) is 19.7 Å². The maximum atomic E-state index is 12.6. The fraction of sp³-hybridized carbons (Fsp3) is 0.276. The van der Waals surface area contributed by atoms with Gasteiger partial charge < -0.3 is 24.8 Å². The molecule has 4 rings (SSSR count). The molecule has 1 aromatic heterocycles. The van der Waals surface area contributed by atoms with Crippen LogP contribution in [0, 0.1) is 0 Å². The van der Waals surface area contributed by atoms with E-state index in [2.05, 4.69) is 20.6 Å². The molecular formula is C29H32N4O4. The van der Waals surface area contributed by atoms with Crippen LogP contribution in [0.3, 0.4) is 0 Å². The molecule has 0 aliphatic heterocycles. The molecule has 37 heavy (non-hydrogen) atoms. The van der Waals surface area contributed by atoms with E-state index in [1.165, 1.54) is 6.33 Å². The first-order valence-corrected chi connectivity index (χ1v) is 12.1. The second kappa shape index (κ2) is 11.2. The van der Waals surface area contributed by atoms with Crippen molar-refractivity contribution in [2.75, 3.05) is 19.5 Å². The summed E-state index contributed by atoms with van der Waals surface area (Å²) in [7, 11) is 3.20. The predicted octanol–water partition coefficient (Wildman–Crippen LogP) is 5.97. The molecule has 0 aliphatic rings. The van der Waals surface area contributed by atoms with Crippen molar-refractivity contribution >= 4 is 22.6 Å². The number of benzene rings is 3. The summed E-state index contributed by atoms with van der Waals surface area (Å²) in [5.41, 5.74) is 2.10. The molecule has 2 N–H and O–H groups in total. The first-order chi connectivity index (χ1) is 17.8. The number of ether oxygens (including phenoxy) is 3. The molecule has 0 radical (unpaired) electrons. The van der Waals surface area contributed by atoms with Gasteiger partial charge in [0.2, 0.25) is 0 Å². The van der Waals surface area contributed by atoms with Crippen LogP contribution in [-0.2, 0) is 6.54 Å². The van der Waals surface area contributed by atoms with E-state index in [4.69, 9.17) is 14.2 Å². The number of aromatic nitrogens is 2. The molecule has 192 valence electrons. The van der Waals surface area contributed by atoms with Crippen LogP contribution in [0.25, 0.3) is 10.9 Å². The second-order valence-corrected chi connectivity index (χ2v) is 9.27. The van der Waals surface area contributed by atoms with E-state index >= 15 is 0 Å². The Morgan fingerprint density at radius 1 is 0.919 bits per heavy atom. The van der Waals surface area contributed by atoms with Crippen molar-refractivity contribution in [3.63, 3.8) is 0 Å². The first kappa shape index (κ1) is 25.8. The summed E-state index contributed by atoms with van der Waals surface area (Å²) < 4.78 is 16.8. The third-order valence-corrected chi connectivity index (χ3v) is 6.19. The summed E-state index contributed by atoms with van der Waals surface area (Å²) >= 11 is 0. The van der Waals surface area contributed by atoms with Crippen molar-refractivity contribution in [1.82, 2.24) is 15.3 Å². The van der Waals surface area contributed by atoms with Crippen LogP contribution >= 0.6 is 0 Å². The van der Waals surface area contributed by atoms with Crippen molar-refractivity contribution in [1.29, 1.82) is 0 Å². The number of nitrogens with one attached hydrogen (secondary N) is 2. The summed E-state index contributed by atoms with van der Waals surface area (Å²) in [6.45, 7) is 6.61. The summed E-state index contributed by atoms with van der Waals surface area (Å²) in [5.74, 6) is 3.10. The van der Waals surface area contributed by atoms with E-state index in [0.717, 1.165) is 22.9 Å². The highest BCUT2D eigenvalue weighted by molar-refractivity contribution is 5.95. The third kappa shape index (κ3) is 6.27. The molecule has 0 fully saturated rings. The quantitative estimate of drug-likeness (QED) is 0.277. The van der Waals surface area contributed by atoms with Gasteiger partial charge in [0.1, 0.15) is 23.6 Å². The zero-order valence-corrected chi connectivity index (χ0v) is 21.8. The number of methoxy groups -OCH3 is 2. The third-order valence-electron chi connectivity index (χ3n) is 6.19. The van der Waals surface area contributed by atoms with Crippen molar-refractivity contribution < 1.29 is 19.0 Å². The van der Waals surface area contributed by atoms with E-state index in [1.54, 1.807) is 26.4 Å². The Bertz CT molecular complexity index is 1390. The number of rotatable bonds is 10. The number of carbonyl (C=O) groups excluding carboxylic acids is 1. The number of hydrogen-bond acceptors (Lipinski definition) is 7. The Kier molecular flexibility index (Phi) is 7.77. The Hall–Kier alpha value is -4.33. The topological polar surface area (TPSA) is 94.6 Å². The van der Waals surface area contributed by atoms with Crippen LogP contribution in [0.15, 0.2) is 67.0 Å². The smallest absolute Gasteiger partial charge is 0.251 e. The number of hydrogen-bond donors (Lipinski definition) is 2. The van der Waals surface area contributed by atoms with Gasteiger partial charge >= 0.3 is 0 Å². The summed E-state index contributed by atoms with van der Waals surface area (Å²) in [4.78, 5) is 21.4. The highest BCUT2D eigenvalue weighted by atomic mass is 16.5. The molecule has 0 saturated carbocycles. The van der Waals surface area contributed by atoms with Gasteiger partial charge in [-0.05, 0) is 62.2 Å². The average molecular weight is 501 g/mol. The van der Waals surface area contributed by atoms with E-state index < -0.39 is 0 Å². The molecule has 0 spiro atoms. The highest BCUT2D eigenvalue weighted by Gasteiger charge is 2.19. The summed E-state index contributed by atoms with van der Waals surface area (Å²) in [6.07, 6.45) is 2.36. The van der Waals surface area contributed by atoms with Crippen molar-refractivity contribution in [3.8, 4) is 23.0 Å². The first-order valence-electron chi connectivity index (χ1n) is 12.1. The molecule has 8 nitrogen and oxygen atoms in total. The van der Waals surface area contributed by atoms with Crippen LogP contribution in [0.2, 0.25) is 0 Å². The number of nitrogens with zero attached hydrogens (tertiary/aromatic N) is 2. The SMILES string of the molecule is CCC(C)(C)NC(=O)c1cccc(Oc2ccc(CNc3ncnc4cc(OC)c(OC)cc34)cc2)c1. The standard InChI is InChI=1S/C29H32N4O4/c1-6-29(2,3)33-28(34)20-8-7-9-22(14-20)37-21-12-10-19(11-13-21)17-30-27-23-15-25(35-4)26(36-5)16-24(23)31-18-32-27/h7-16,18H,6,17H2,1-5H3,(H,33,34)(H,30,31,32). The zero-order valence-electron chi connectivity index (χ0n) is 21.8. The lowest BCUT2D eigenvalue weighted by Gasteiger charge is -2.24. The summed E-state index contributed by atoms with van der Waals surface area (Å²) in [5, 5.41) is 7.26. The predicted molar refractivity (Wildman–Crippen MR) is 145 cm³/mol. The maximum absolute atomic E-state index is 12.6. The van der Waals surface area contributed by atoms with Gasteiger partial charge in [-0.15, -0.1) is 0 Å². The molecular weight excluding hydrogens is 468 g/mol. The number of carbonyl (C=O) groups is 1. The molecule has 0 atom stereocenters. The minimum atomic E-state index is -0.269. The molecule has 0 aliphatic carbocycles.